The van der Waals surface area contributed by atoms with Crippen molar-refractivity contribution in [2.45, 2.75) is 37.9 Å². The van der Waals surface area contributed by atoms with Crippen molar-refractivity contribution in [3.8, 4) is 0 Å². The number of hydrogen-bond donors (Lipinski definition) is 1. The Bertz CT molecular complexity index is 532. The van der Waals surface area contributed by atoms with E-state index in [1.807, 2.05) is 0 Å². The average Bonchev–Trinajstić information content (AvgIpc) is 3.03. The van der Waals surface area contributed by atoms with E-state index in [-0.39, 0.29) is 6.04 Å². The predicted molar refractivity (Wildman–Crippen MR) is 80.5 cm³/mol. The average molecular weight is 330 g/mol. The first-order valence-corrected chi connectivity index (χ1v) is 8.28. The molecule has 1 aromatic rings. The van der Waals surface area contributed by atoms with Crippen molar-refractivity contribution >= 4 is 0 Å². The SMILES string of the molecule is Fc1cc(C(F)(F)F)ccc1[C@@H](C1CCCC1)N1CCNCC1. The third-order valence-corrected chi connectivity index (χ3v) is 5.04. The van der Waals surface area contributed by atoms with Gasteiger partial charge in [0.05, 0.1) is 5.56 Å². The zero-order valence-corrected chi connectivity index (χ0v) is 13.0. The Morgan fingerprint density at radius 1 is 1.09 bits per heavy atom. The molecule has 1 saturated carbocycles. The molecule has 2 aliphatic rings. The lowest BCUT2D eigenvalue weighted by Gasteiger charge is -2.38. The molecule has 0 bridgehead atoms. The number of nitrogens with zero attached hydrogens (tertiary/aromatic N) is 1. The van der Waals surface area contributed by atoms with Gasteiger partial charge in [-0.3, -0.25) is 4.90 Å². The van der Waals surface area contributed by atoms with Gasteiger partial charge in [-0.05, 0) is 30.9 Å². The Balaban J connectivity index is 1.92. The van der Waals surface area contributed by atoms with Gasteiger partial charge in [-0.1, -0.05) is 18.9 Å². The molecule has 1 heterocycles. The number of halogens is 4. The first-order valence-electron chi connectivity index (χ1n) is 8.28. The predicted octanol–water partition coefficient (Wildman–Crippen LogP) is 3.98. The molecule has 1 aromatic carbocycles. The molecule has 23 heavy (non-hydrogen) atoms. The summed E-state index contributed by atoms with van der Waals surface area (Å²) in [5, 5.41) is 3.27. The van der Waals surface area contributed by atoms with E-state index in [9.17, 15) is 17.6 Å². The maximum Gasteiger partial charge on any atom is 0.416 e. The van der Waals surface area contributed by atoms with Gasteiger partial charge in [0.2, 0.25) is 0 Å². The molecular weight excluding hydrogens is 308 g/mol. The first-order chi connectivity index (χ1) is 11.0. The van der Waals surface area contributed by atoms with Gasteiger partial charge in [0, 0.05) is 37.8 Å². The second-order valence-electron chi connectivity index (χ2n) is 6.51. The Morgan fingerprint density at radius 2 is 1.74 bits per heavy atom. The fourth-order valence-electron chi connectivity index (χ4n) is 3.93. The van der Waals surface area contributed by atoms with E-state index in [2.05, 4.69) is 10.2 Å². The lowest BCUT2D eigenvalue weighted by molar-refractivity contribution is -0.137. The topological polar surface area (TPSA) is 15.3 Å². The highest BCUT2D eigenvalue weighted by atomic mass is 19.4. The lowest BCUT2D eigenvalue weighted by atomic mass is 9.89. The summed E-state index contributed by atoms with van der Waals surface area (Å²) in [4.78, 5) is 2.23. The van der Waals surface area contributed by atoms with Crippen molar-refractivity contribution < 1.29 is 17.6 Å². The molecule has 1 saturated heterocycles. The van der Waals surface area contributed by atoms with Crippen molar-refractivity contribution in [2.75, 3.05) is 26.2 Å². The third-order valence-electron chi connectivity index (χ3n) is 5.04. The molecule has 2 nitrogen and oxygen atoms in total. The summed E-state index contributed by atoms with van der Waals surface area (Å²) in [6.45, 7) is 3.29. The fourth-order valence-corrected chi connectivity index (χ4v) is 3.93. The normalized spacial score (nSPS) is 22.4. The van der Waals surface area contributed by atoms with E-state index in [1.165, 1.54) is 6.07 Å². The Hall–Kier alpha value is -1.14. The maximum atomic E-state index is 14.5. The molecule has 0 spiro atoms. The van der Waals surface area contributed by atoms with Crippen LogP contribution in [0.5, 0.6) is 0 Å². The molecule has 1 N–H and O–H groups in total. The van der Waals surface area contributed by atoms with Gasteiger partial charge in [-0.15, -0.1) is 0 Å². The molecule has 1 aliphatic carbocycles. The zero-order valence-electron chi connectivity index (χ0n) is 13.0. The number of nitrogens with one attached hydrogen (secondary N) is 1. The van der Waals surface area contributed by atoms with Crippen LogP contribution >= 0.6 is 0 Å². The van der Waals surface area contributed by atoms with Gasteiger partial charge in [-0.2, -0.15) is 13.2 Å². The number of hydrogen-bond acceptors (Lipinski definition) is 2. The molecule has 0 unspecified atom stereocenters. The van der Waals surface area contributed by atoms with E-state index in [4.69, 9.17) is 0 Å². The Labute approximate surface area is 133 Å². The van der Waals surface area contributed by atoms with Crippen molar-refractivity contribution in [1.82, 2.24) is 10.2 Å². The number of alkyl halides is 3. The van der Waals surface area contributed by atoms with Crippen LogP contribution in [0.4, 0.5) is 17.6 Å². The Morgan fingerprint density at radius 3 is 2.30 bits per heavy atom. The summed E-state index contributed by atoms with van der Waals surface area (Å²) in [6, 6.07) is 2.91. The van der Waals surface area contributed by atoms with Gasteiger partial charge >= 0.3 is 6.18 Å². The minimum Gasteiger partial charge on any atom is -0.314 e. The van der Waals surface area contributed by atoms with Crippen LogP contribution in [0.15, 0.2) is 18.2 Å². The molecule has 0 amide bonds. The number of rotatable bonds is 3. The molecule has 0 radical (unpaired) electrons. The molecular formula is C17H22F4N2. The van der Waals surface area contributed by atoms with Gasteiger partial charge in [0.1, 0.15) is 5.82 Å². The quantitative estimate of drug-likeness (QED) is 0.844. The molecule has 1 atom stereocenters. The molecule has 6 heteroatoms. The summed E-state index contributed by atoms with van der Waals surface area (Å²) in [7, 11) is 0. The first kappa shape index (κ1) is 16.7. The van der Waals surface area contributed by atoms with Gasteiger partial charge in [-0.25, -0.2) is 4.39 Å². The highest BCUT2D eigenvalue weighted by Gasteiger charge is 2.36. The summed E-state index contributed by atoms with van der Waals surface area (Å²) in [5.41, 5.74) is -0.490. The van der Waals surface area contributed by atoms with Crippen LogP contribution in [-0.2, 0) is 6.18 Å². The van der Waals surface area contributed by atoms with Crippen LogP contribution in [0.2, 0.25) is 0 Å². The minimum absolute atomic E-state index is 0.109. The van der Waals surface area contributed by atoms with Crippen molar-refractivity contribution in [3.63, 3.8) is 0 Å². The third kappa shape index (κ3) is 3.69. The largest absolute Gasteiger partial charge is 0.416 e. The molecule has 2 fully saturated rings. The van der Waals surface area contributed by atoms with Gasteiger partial charge < -0.3 is 5.32 Å². The van der Waals surface area contributed by atoms with Crippen LogP contribution < -0.4 is 5.32 Å². The highest BCUT2D eigenvalue weighted by molar-refractivity contribution is 5.29. The van der Waals surface area contributed by atoms with Crippen molar-refractivity contribution in [1.29, 1.82) is 0 Å². The summed E-state index contributed by atoms with van der Waals surface area (Å²) >= 11 is 0. The standard InChI is InChI=1S/C17H22F4N2/c18-15-11-13(17(19,20)21)5-6-14(15)16(12-3-1-2-4-12)23-9-7-22-8-10-23/h5-6,11-12,16,22H,1-4,7-10H2/t16-/m1/s1. The number of piperazine rings is 1. The van der Waals surface area contributed by atoms with Crippen molar-refractivity contribution in [3.05, 3.63) is 35.1 Å². The van der Waals surface area contributed by atoms with Crippen molar-refractivity contribution in [2.24, 2.45) is 5.92 Å². The zero-order chi connectivity index (χ0) is 16.4. The van der Waals surface area contributed by atoms with Crippen LogP contribution in [0.3, 0.4) is 0 Å². The van der Waals surface area contributed by atoms with E-state index in [0.29, 0.717) is 17.5 Å². The summed E-state index contributed by atoms with van der Waals surface area (Å²) in [5.74, 6) is -0.394. The van der Waals surface area contributed by atoms with E-state index in [0.717, 1.165) is 57.9 Å². The Kier molecular flexibility index (Phi) is 4.92. The molecule has 3 rings (SSSR count). The maximum absolute atomic E-state index is 14.5. The van der Waals surface area contributed by atoms with E-state index < -0.39 is 17.6 Å². The van der Waals surface area contributed by atoms with Crippen LogP contribution in [0.1, 0.15) is 42.9 Å². The molecule has 0 aromatic heterocycles. The smallest absolute Gasteiger partial charge is 0.314 e. The summed E-state index contributed by atoms with van der Waals surface area (Å²) in [6.07, 6.45) is -0.216. The lowest BCUT2D eigenvalue weighted by Crippen LogP contribution is -2.47. The highest BCUT2D eigenvalue weighted by Crippen LogP contribution is 2.41. The van der Waals surface area contributed by atoms with E-state index in [1.54, 1.807) is 0 Å². The van der Waals surface area contributed by atoms with E-state index >= 15 is 0 Å². The van der Waals surface area contributed by atoms with Gasteiger partial charge in [0.25, 0.3) is 0 Å². The van der Waals surface area contributed by atoms with Crippen LogP contribution in [0, 0.1) is 11.7 Å². The minimum atomic E-state index is -4.50. The van der Waals surface area contributed by atoms with Crippen LogP contribution in [0.25, 0.3) is 0 Å². The van der Waals surface area contributed by atoms with Crippen LogP contribution in [-0.4, -0.2) is 31.1 Å². The molecule has 1 aliphatic heterocycles. The second-order valence-corrected chi connectivity index (χ2v) is 6.51. The fraction of sp³-hybridized carbons (Fsp3) is 0.647. The number of benzene rings is 1. The monoisotopic (exact) mass is 330 g/mol. The molecule has 128 valence electrons. The summed E-state index contributed by atoms with van der Waals surface area (Å²) < 4.78 is 52.8. The second kappa shape index (κ2) is 6.77. The van der Waals surface area contributed by atoms with Gasteiger partial charge in [0.15, 0.2) is 0 Å².